The summed E-state index contributed by atoms with van der Waals surface area (Å²) in [4.78, 5) is 12.6. The summed E-state index contributed by atoms with van der Waals surface area (Å²) in [5.74, 6) is 0.660. The Morgan fingerprint density at radius 1 is 0.875 bits per heavy atom. The van der Waals surface area contributed by atoms with Crippen LogP contribution >= 0.6 is 0 Å². The molecule has 0 saturated heterocycles. The smallest absolute Gasteiger partial charge is 0.190 e. The second-order valence-corrected chi connectivity index (χ2v) is 5.63. The molecule has 0 spiro atoms. The standard InChI is InChI=1S/C22H20O2/c1-2-3-10-15-24-20-16-19(23)21(17-11-6-4-7-12-17)22(20)18-13-8-5-9-14-18/h2,4-9,11-14,16H,1,3,10,15H2. The van der Waals surface area contributed by atoms with Crippen molar-refractivity contribution in [1.29, 1.82) is 0 Å². The molecule has 0 aliphatic heterocycles. The molecule has 0 fully saturated rings. The van der Waals surface area contributed by atoms with E-state index >= 15 is 0 Å². The molecule has 0 N–H and O–H groups in total. The van der Waals surface area contributed by atoms with E-state index in [0.717, 1.165) is 29.5 Å². The molecule has 120 valence electrons. The van der Waals surface area contributed by atoms with Crippen LogP contribution in [0, 0.1) is 0 Å². The molecule has 0 bridgehead atoms. The maximum Gasteiger partial charge on any atom is 0.190 e. The van der Waals surface area contributed by atoms with Crippen molar-refractivity contribution in [2.45, 2.75) is 12.8 Å². The van der Waals surface area contributed by atoms with Gasteiger partial charge in [0.25, 0.3) is 0 Å². The fourth-order valence-corrected chi connectivity index (χ4v) is 2.82. The molecular formula is C22H20O2. The second-order valence-electron chi connectivity index (χ2n) is 5.63. The summed E-state index contributed by atoms with van der Waals surface area (Å²) in [5.41, 5.74) is 3.50. The van der Waals surface area contributed by atoms with Crippen LogP contribution in [0.4, 0.5) is 0 Å². The monoisotopic (exact) mass is 316 g/mol. The fourth-order valence-electron chi connectivity index (χ4n) is 2.82. The highest BCUT2D eigenvalue weighted by molar-refractivity contribution is 6.37. The zero-order valence-electron chi connectivity index (χ0n) is 13.6. The summed E-state index contributed by atoms with van der Waals surface area (Å²) in [6, 6.07) is 19.7. The molecule has 0 atom stereocenters. The number of unbranched alkanes of at least 4 members (excludes halogenated alkanes) is 1. The molecule has 0 amide bonds. The predicted octanol–water partition coefficient (Wildman–Crippen LogP) is 5.05. The van der Waals surface area contributed by atoms with Gasteiger partial charge in [0, 0.05) is 17.2 Å². The van der Waals surface area contributed by atoms with Crippen molar-refractivity contribution >= 4 is 16.9 Å². The third-order valence-electron chi connectivity index (χ3n) is 3.94. The highest BCUT2D eigenvalue weighted by Crippen LogP contribution is 2.38. The van der Waals surface area contributed by atoms with E-state index in [1.165, 1.54) is 0 Å². The summed E-state index contributed by atoms with van der Waals surface area (Å²) in [6.07, 6.45) is 5.27. The number of ether oxygens (including phenoxy) is 1. The number of carbonyl (C=O) groups excluding carboxylic acids is 1. The first kappa shape index (κ1) is 16.0. The molecule has 0 saturated carbocycles. The van der Waals surface area contributed by atoms with E-state index in [1.54, 1.807) is 6.08 Å². The van der Waals surface area contributed by atoms with Gasteiger partial charge in [-0.15, -0.1) is 6.58 Å². The third-order valence-corrected chi connectivity index (χ3v) is 3.94. The van der Waals surface area contributed by atoms with Gasteiger partial charge in [0.05, 0.1) is 6.61 Å². The molecule has 0 radical (unpaired) electrons. The lowest BCUT2D eigenvalue weighted by molar-refractivity contribution is -0.109. The van der Waals surface area contributed by atoms with E-state index in [1.807, 2.05) is 66.7 Å². The van der Waals surface area contributed by atoms with Crippen LogP contribution in [-0.4, -0.2) is 12.4 Å². The Morgan fingerprint density at radius 3 is 2.04 bits per heavy atom. The lowest BCUT2D eigenvalue weighted by Crippen LogP contribution is -1.98. The van der Waals surface area contributed by atoms with Crippen molar-refractivity contribution < 1.29 is 9.53 Å². The van der Waals surface area contributed by atoms with E-state index in [9.17, 15) is 4.79 Å². The lowest BCUT2D eigenvalue weighted by atomic mass is 9.95. The topological polar surface area (TPSA) is 26.3 Å². The zero-order valence-corrected chi connectivity index (χ0v) is 13.6. The molecule has 0 heterocycles. The van der Waals surface area contributed by atoms with Crippen LogP contribution < -0.4 is 0 Å². The zero-order chi connectivity index (χ0) is 16.8. The minimum atomic E-state index is -0.00114. The first-order valence-corrected chi connectivity index (χ1v) is 8.16. The second kappa shape index (κ2) is 7.60. The van der Waals surface area contributed by atoms with Crippen molar-refractivity contribution in [2.75, 3.05) is 6.61 Å². The molecule has 1 aliphatic rings. The van der Waals surface area contributed by atoms with Crippen LogP contribution in [0.15, 0.2) is 85.2 Å². The summed E-state index contributed by atoms with van der Waals surface area (Å²) in [7, 11) is 0. The maximum absolute atomic E-state index is 12.6. The van der Waals surface area contributed by atoms with E-state index in [2.05, 4.69) is 6.58 Å². The Hall–Kier alpha value is -2.87. The highest BCUT2D eigenvalue weighted by Gasteiger charge is 2.28. The Bertz CT molecular complexity index is 783. The average molecular weight is 316 g/mol. The van der Waals surface area contributed by atoms with Gasteiger partial charge in [0.1, 0.15) is 5.76 Å². The van der Waals surface area contributed by atoms with Crippen molar-refractivity contribution in [2.24, 2.45) is 0 Å². The quantitative estimate of drug-likeness (QED) is 0.528. The molecule has 3 rings (SSSR count). The molecule has 24 heavy (non-hydrogen) atoms. The summed E-state index contributed by atoms with van der Waals surface area (Å²) in [5, 5.41) is 0. The first-order valence-electron chi connectivity index (χ1n) is 8.16. The summed E-state index contributed by atoms with van der Waals surface area (Å²) < 4.78 is 5.93. The third kappa shape index (κ3) is 3.38. The largest absolute Gasteiger partial charge is 0.493 e. The van der Waals surface area contributed by atoms with E-state index in [-0.39, 0.29) is 5.78 Å². The molecule has 1 aliphatic carbocycles. The van der Waals surface area contributed by atoms with Crippen LogP contribution in [0.3, 0.4) is 0 Å². The number of allylic oxidation sites excluding steroid dienone is 4. The van der Waals surface area contributed by atoms with Crippen molar-refractivity contribution in [1.82, 2.24) is 0 Å². The average Bonchev–Trinajstić information content (AvgIpc) is 2.96. The molecule has 2 heteroatoms. The van der Waals surface area contributed by atoms with Crippen LogP contribution in [0.1, 0.15) is 24.0 Å². The van der Waals surface area contributed by atoms with Gasteiger partial charge in [-0.05, 0) is 24.0 Å². The van der Waals surface area contributed by atoms with E-state index in [4.69, 9.17) is 4.74 Å². The van der Waals surface area contributed by atoms with Crippen LogP contribution in [0.2, 0.25) is 0 Å². The van der Waals surface area contributed by atoms with Crippen molar-refractivity contribution in [3.63, 3.8) is 0 Å². The summed E-state index contributed by atoms with van der Waals surface area (Å²) >= 11 is 0. The van der Waals surface area contributed by atoms with Gasteiger partial charge < -0.3 is 4.74 Å². The first-order chi connectivity index (χ1) is 11.8. The van der Waals surface area contributed by atoms with Crippen LogP contribution in [-0.2, 0) is 9.53 Å². The lowest BCUT2D eigenvalue weighted by Gasteiger charge is -2.13. The van der Waals surface area contributed by atoms with Crippen LogP contribution in [0.5, 0.6) is 0 Å². The number of rotatable bonds is 7. The van der Waals surface area contributed by atoms with Gasteiger partial charge in [-0.2, -0.15) is 0 Å². The Labute approximate surface area is 142 Å². The Balaban J connectivity index is 2.00. The van der Waals surface area contributed by atoms with Gasteiger partial charge >= 0.3 is 0 Å². The molecule has 2 nitrogen and oxygen atoms in total. The van der Waals surface area contributed by atoms with Gasteiger partial charge in [0.2, 0.25) is 0 Å². The fraction of sp³-hybridized carbons (Fsp3) is 0.136. The SMILES string of the molecule is C=CCCCOC1=CC(=O)C(c2ccccc2)=C1c1ccccc1. The summed E-state index contributed by atoms with van der Waals surface area (Å²) in [6.45, 7) is 4.30. The predicted molar refractivity (Wildman–Crippen MR) is 98.2 cm³/mol. The normalized spacial score (nSPS) is 13.8. The van der Waals surface area contributed by atoms with E-state index in [0.29, 0.717) is 17.9 Å². The van der Waals surface area contributed by atoms with Crippen LogP contribution in [0.25, 0.3) is 11.1 Å². The highest BCUT2D eigenvalue weighted by atomic mass is 16.5. The number of carbonyl (C=O) groups is 1. The van der Waals surface area contributed by atoms with Crippen molar-refractivity contribution in [3.8, 4) is 0 Å². The molecule has 0 aromatic heterocycles. The Morgan fingerprint density at radius 2 is 1.46 bits per heavy atom. The van der Waals surface area contributed by atoms with Gasteiger partial charge in [0.15, 0.2) is 5.78 Å². The number of hydrogen-bond donors (Lipinski definition) is 0. The number of hydrogen-bond acceptors (Lipinski definition) is 2. The van der Waals surface area contributed by atoms with Gasteiger partial charge in [-0.3, -0.25) is 4.79 Å². The maximum atomic E-state index is 12.6. The van der Waals surface area contributed by atoms with Gasteiger partial charge in [-0.25, -0.2) is 0 Å². The number of benzene rings is 2. The Kier molecular flexibility index (Phi) is 5.07. The van der Waals surface area contributed by atoms with Crippen molar-refractivity contribution in [3.05, 3.63) is 96.3 Å². The van der Waals surface area contributed by atoms with E-state index < -0.39 is 0 Å². The minimum absolute atomic E-state index is 0.00114. The molecule has 0 unspecified atom stereocenters. The number of ketones is 1. The molecule has 2 aromatic carbocycles. The molecule has 2 aromatic rings. The minimum Gasteiger partial charge on any atom is -0.493 e. The van der Waals surface area contributed by atoms with Gasteiger partial charge in [-0.1, -0.05) is 66.7 Å². The molecular weight excluding hydrogens is 296 g/mol.